The van der Waals surface area contributed by atoms with Gasteiger partial charge in [-0.15, -0.1) is 0 Å². The molecule has 86 valence electrons. The maximum atomic E-state index is 12.2. The van der Waals surface area contributed by atoms with E-state index in [1.807, 2.05) is 0 Å². The molecule has 0 bridgehead atoms. The summed E-state index contributed by atoms with van der Waals surface area (Å²) in [4.78, 5) is 16.1. The first-order valence-electron chi connectivity index (χ1n) is 4.90. The molecule has 0 aliphatic rings. The molecule has 2 rings (SSSR count). The zero-order chi connectivity index (χ0) is 12.4. The first kappa shape index (κ1) is 11.6. The number of nitrogens with zero attached hydrogens (tertiary/aromatic N) is 1. The molecular weight excluding hydrogens is 282 g/mol. The number of aromatic nitrogens is 1. The average molecular weight is 292 g/mol. The van der Waals surface area contributed by atoms with E-state index >= 15 is 0 Å². The van der Waals surface area contributed by atoms with E-state index in [1.54, 1.807) is 36.5 Å². The Kier molecular flexibility index (Phi) is 3.10. The van der Waals surface area contributed by atoms with E-state index in [-0.39, 0.29) is 11.6 Å². The van der Waals surface area contributed by atoms with Crippen molar-refractivity contribution in [1.82, 2.24) is 4.98 Å². The molecule has 1 aromatic carbocycles. The molecule has 0 radical (unpaired) electrons. The van der Waals surface area contributed by atoms with Crippen LogP contribution in [0.2, 0.25) is 0 Å². The van der Waals surface area contributed by atoms with Gasteiger partial charge in [-0.2, -0.15) is 0 Å². The summed E-state index contributed by atoms with van der Waals surface area (Å²) in [5.74, 6) is 0.0154. The number of carbonyl (C=O) groups is 1. The van der Waals surface area contributed by atoms with Crippen LogP contribution in [0, 0.1) is 0 Å². The monoisotopic (exact) mass is 291 g/mol. The molecule has 4 nitrogen and oxygen atoms in total. The SMILES string of the molecule is Nc1ccc(Br)c(C(=O)c2cccnc2N)c1. The van der Waals surface area contributed by atoms with Crippen molar-refractivity contribution in [3.63, 3.8) is 0 Å². The van der Waals surface area contributed by atoms with Crippen LogP contribution in [0.15, 0.2) is 41.0 Å². The van der Waals surface area contributed by atoms with Crippen molar-refractivity contribution in [2.45, 2.75) is 0 Å². The molecule has 1 heterocycles. The van der Waals surface area contributed by atoms with Crippen LogP contribution in [0.5, 0.6) is 0 Å². The van der Waals surface area contributed by atoms with Gasteiger partial charge < -0.3 is 11.5 Å². The number of carbonyl (C=O) groups excluding carboxylic acids is 1. The Hall–Kier alpha value is -1.88. The number of benzene rings is 1. The number of pyridine rings is 1. The fraction of sp³-hybridized carbons (Fsp3) is 0. The Morgan fingerprint density at radius 2 is 1.94 bits per heavy atom. The number of ketones is 1. The van der Waals surface area contributed by atoms with Crippen LogP contribution < -0.4 is 11.5 Å². The fourth-order valence-corrected chi connectivity index (χ4v) is 1.90. The first-order chi connectivity index (χ1) is 8.09. The van der Waals surface area contributed by atoms with Crippen LogP contribution >= 0.6 is 15.9 Å². The Labute approximate surface area is 107 Å². The summed E-state index contributed by atoms with van der Waals surface area (Å²) in [7, 11) is 0. The van der Waals surface area contributed by atoms with E-state index in [0.29, 0.717) is 21.3 Å². The summed E-state index contributed by atoms with van der Waals surface area (Å²) >= 11 is 3.32. The van der Waals surface area contributed by atoms with Crippen LogP contribution in [0.4, 0.5) is 11.5 Å². The van der Waals surface area contributed by atoms with Gasteiger partial charge in [0.05, 0.1) is 5.56 Å². The van der Waals surface area contributed by atoms with Gasteiger partial charge in [-0.05, 0) is 30.3 Å². The van der Waals surface area contributed by atoms with Crippen LogP contribution in [0.3, 0.4) is 0 Å². The minimum Gasteiger partial charge on any atom is -0.399 e. The number of halogens is 1. The molecule has 0 saturated heterocycles. The van der Waals surface area contributed by atoms with E-state index in [2.05, 4.69) is 20.9 Å². The molecule has 17 heavy (non-hydrogen) atoms. The third kappa shape index (κ3) is 2.29. The van der Waals surface area contributed by atoms with E-state index in [4.69, 9.17) is 11.5 Å². The lowest BCUT2D eigenvalue weighted by molar-refractivity contribution is 0.103. The van der Waals surface area contributed by atoms with E-state index < -0.39 is 0 Å². The maximum Gasteiger partial charge on any atom is 0.197 e. The van der Waals surface area contributed by atoms with Gasteiger partial charge in [0, 0.05) is 21.9 Å². The Bertz CT molecular complexity index is 584. The van der Waals surface area contributed by atoms with Crippen molar-refractivity contribution < 1.29 is 4.79 Å². The second kappa shape index (κ2) is 4.55. The van der Waals surface area contributed by atoms with Gasteiger partial charge in [0.25, 0.3) is 0 Å². The number of nitrogens with two attached hydrogens (primary N) is 2. The molecule has 0 saturated carbocycles. The van der Waals surface area contributed by atoms with Gasteiger partial charge in [0.1, 0.15) is 5.82 Å². The second-order valence-corrected chi connectivity index (χ2v) is 4.36. The molecular formula is C12H10BrN3O. The summed E-state index contributed by atoms with van der Waals surface area (Å²) in [6.45, 7) is 0. The van der Waals surface area contributed by atoms with Gasteiger partial charge in [-0.25, -0.2) is 4.98 Å². The number of hydrogen-bond donors (Lipinski definition) is 2. The van der Waals surface area contributed by atoms with Gasteiger partial charge in [0.2, 0.25) is 0 Å². The third-order valence-corrected chi connectivity index (χ3v) is 3.01. The first-order valence-corrected chi connectivity index (χ1v) is 5.69. The molecule has 0 amide bonds. The standard InChI is InChI=1S/C12H10BrN3O/c13-10-4-3-7(14)6-9(10)11(17)8-2-1-5-16-12(8)15/h1-6H,14H2,(H2,15,16). The Balaban J connectivity index is 2.51. The molecule has 4 N–H and O–H groups in total. The highest BCUT2D eigenvalue weighted by Crippen LogP contribution is 2.23. The molecule has 0 spiro atoms. The van der Waals surface area contributed by atoms with E-state index in [1.165, 1.54) is 0 Å². The lowest BCUT2D eigenvalue weighted by Gasteiger charge is -2.06. The summed E-state index contributed by atoms with van der Waals surface area (Å²) in [5.41, 5.74) is 12.7. The number of anilines is 2. The third-order valence-electron chi connectivity index (χ3n) is 2.32. The molecule has 2 aromatic rings. The zero-order valence-corrected chi connectivity index (χ0v) is 10.4. The normalized spacial score (nSPS) is 10.2. The number of nitrogen functional groups attached to an aromatic ring is 2. The topological polar surface area (TPSA) is 82.0 Å². The zero-order valence-electron chi connectivity index (χ0n) is 8.85. The highest BCUT2D eigenvalue weighted by molar-refractivity contribution is 9.10. The van der Waals surface area contributed by atoms with E-state index in [0.717, 1.165) is 0 Å². The minimum absolute atomic E-state index is 0.199. The fourth-order valence-electron chi connectivity index (χ4n) is 1.47. The van der Waals surface area contributed by atoms with Crippen molar-refractivity contribution in [1.29, 1.82) is 0 Å². The van der Waals surface area contributed by atoms with Crippen LogP contribution in [-0.2, 0) is 0 Å². The predicted molar refractivity (Wildman–Crippen MR) is 70.6 cm³/mol. The minimum atomic E-state index is -0.199. The quantitative estimate of drug-likeness (QED) is 0.657. The van der Waals surface area contributed by atoms with Gasteiger partial charge >= 0.3 is 0 Å². The summed E-state index contributed by atoms with van der Waals surface area (Å²) in [5, 5.41) is 0. The Morgan fingerprint density at radius 1 is 1.18 bits per heavy atom. The van der Waals surface area contributed by atoms with Crippen LogP contribution in [0.25, 0.3) is 0 Å². The van der Waals surface area contributed by atoms with Crippen molar-refractivity contribution in [3.8, 4) is 0 Å². The molecule has 0 aliphatic heterocycles. The van der Waals surface area contributed by atoms with Gasteiger partial charge in [-0.1, -0.05) is 15.9 Å². The van der Waals surface area contributed by atoms with Crippen LogP contribution in [0.1, 0.15) is 15.9 Å². The number of hydrogen-bond acceptors (Lipinski definition) is 4. The molecule has 0 aliphatic carbocycles. The number of rotatable bonds is 2. The van der Waals surface area contributed by atoms with Gasteiger partial charge in [-0.3, -0.25) is 4.79 Å². The molecule has 5 heteroatoms. The smallest absolute Gasteiger partial charge is 0.197 e. The van der Waals surface area contributed by atoms with E-state index in [9.17, 15) is 4.79 Å². The lowest BCUT2D eigenvalue weighted by atomic mass is 10.0. The van der Waals surface area contributed by atoms with Gasteiger partial charge in [0.15, 0.2) is 5.78 Å². The largest absolute Gasteiger partial charge is 0.399 e. The highest BCUT2D eigenvalue weighted by atomic mass is 79.9. The predicted octanol–water partition coefficient (Wildman–Crippen LogP) is 2.24. The van der Waals surface area contributed by atoms with Crippen molar-refractivity contribution >= 4 is 33.2 Å². The summed E-state index contributed by atoms with van der Waals surface area (Å²) in [6, 6.07) is 8.37. The summed E-state index contributed by atoms with van der Waals surface area (Å²) < 4.78 is 0.681. The van der Waals surface area contributed by atoms with Crippen molar-refractivity contribution in [2.75, 3.05) is 11.5 Å². The Morgan fingerprint density at radius 3 is 2.65 bits per heavy atom. The summed E-state index contributed by atoms with van der Waals surface area (Å²) in [6.07, 6.45) is 1.54. The maximum absolute atomic E-state index is 12.2. The second-order valence-electron chi connectivity index (χ2n) is 3.50. The molecule has 0 unspecified atom stereocenters. The molecule has 0 fully saturated rings. The average Bonchev–Trinajstić information content (AvgIpc) is 2.32. The lowest BCUT2D eigenvalue weighted by Crippen LogP contribution is -2.07. The molecule has 0 atom stereocenters. The highest BCUT2D eigenvalue weighted by Gasteiger charge is 2.15. The van der Waals surface area contributed by atoms with Crippen LogP contribution in [-0.4, -0.2) is 10.8 Å². The molecule has 1 aromatic heterocycles. The van der Waals surface area contributed by atoms with Crippen molar-refractivity contribution in [3.05, 3.63) is 52.1 Å². The van der Waals surface area contributed by atoms with Crippen molar-refractivity contribution in [2.24, 2.45) is 0 Å².